The second-order valence-electron chi connectivity index (χ2n) is 6.48. The van der Waals surface area contributed by atoms with Crippen molar-refractivity contribution < 1.29 is 5.11 Å². The van der Waals surface area contributed by atoms with Crippen molar-refractivity contribution in [2.24, 2.45) is 0 Å². The molecule has 1 N–H and O–H groups in total. The van der Waals surface area contributed by atoms with Crippen LogP contribution in [0.15, 0.2) is 24.3 Å². The van der Waals surface area contributed by atoms with Crippen LogP contribution in [0.1, 0.15) is 64.2 Å². The zero-order valence-electron chi connectivity index (χ0n) is 12.4. The number of benzene rings is 1. The summed E-state index contributed by atoms with van der Waals surface area (Å²) < 4.78 is 0. The van der Waals surface area contributed by atoms with E-state index in [1.54, 1.807) is 0 Å². The fraction of sp³-hybridized carbons (Fsp3) is 0.667. The molecule has 1 aromatic rings. The Labute approximate surface area is 122 Å². The number of aromatic hydroxyl groups is 1. The van der Waals surface area contributed by atoms with E-state index < -0.39 is 0 Å². The molecule has 0 aromatic heterocycles. The lowest BCUT2D eigenvalue weighted by Crippen LogP contribution is -2.45. The highest BCUT2D eigenvalue weighted by Crippen LogP contribution is 2.38. The van der Waals surface area contributed by atoms with Gasteiger partial charge >= 0.3 is 0 Å². The molecular weight excluding hydrogens is 246 g/mol. The van der Waals surface area contributed by atoms with Gasteiger partial charge < -0.3 is 10.0 Å². The Morgan fingerprint density at radius 3 is 1.75 bits per heavy atom. The van der Waals surface area contributed by atoms with E-state index >= 15 is 0 Å². The summed E-state index contributed by atoms with van der Waals surface area (Å²) in [6.07, 6.45) is 13.4. The molecule has 2 saturated carbocycles. The number of hydrogen-bond acceptors (Lipinski definition) is 2. The average molecular weight is 273 g/mol. The second-order valence-corrected chi connectivity index (χ2v) is 6.48. The minimum Gasteiger partial charge on any atom is -0.506 e. The predicted octanol–water partition coefficient (Wildman–Crippen LogP) is 4.86. The molecule has 2 aliphatic carbocycles. The predicted molar refractivity (Wildman–Crippen MR) is 84.3 cm³/mol. The van der Waals surface area contributed by atoms with Gasteiger partial charge in [-0.2, -0.15) is 0 Å². The third-order valence-corrected chi connectivity index (χ3v) is 5.10. The smallest absolute Gasteiger partial charge is 0.138 e. The van der Waals surface area contributed by atoms with Gasteiger partial charge in [0.05, 0.1) is 5.69 Å². The number of phenols is 1. The number of para-hydroxylation sites is 2. The summed E-state index contributed by atoms with van der Waals surface area (Å²) in [5.41, 5.74) is 1.08. The van der Waals surface area contributed by atoms with Gasteiger partial charge in [0, 0.05) is 12.1 Å². The normalized spacial score (nSPS) is 21.8. The number of rotatable bonds is 3. The lowest BCUT2D eigenvalue weighted by molar-refractivity contribution is 0.336. The molecule has 20 heavy (non-hydrogen) atoms. The first-order valence-corrected chi connectivity index (χ1v) is 8.42. The van der Waals surface area contributed by atoms with E-state index in [1.807, 2.05) is 12.1 Å². The van der Waals surface area contributed by atoms with E-state index in [0.29, 0.717) is 17.8 Å². The summed E-state index contributed by atoms with van der Waals surface area (Å²) in [6, 6.07) is 9.22. The number of phenolic OH excluding ortho intramolecular Hbond substituents is 1. The van der Waals surface area contributed by atoms with Gasteiger partial charge in [-0.05, 0) is 37.8 Å². The first-order valence-electron chi connectivity index (χ1n) is 8.42. The molecule has 0 spiro atoms. The van der Waals surface area contributed by atoms with Crippen LogP contribution in [0.3, 0.4) is 0 Å². The quantitative estimate of drug-likeness (QED) is 0.849. The van der Waals surface area contributed by atoms with E-state index in [-0.39, 0.29) is 0 Å². The van der Waals surface area contributed by atoms with Gasteiger partial charge in [-0.25, -0.2) is 0 Å². The van der Waals surface area contributed by atoms with Crippen LogP contribution in [-0.4, -0.2) is 17.2 Å². The molecule has 0 bridgehead atoms. The van der Waals surface area contributed by atoms with Crippen molar-refractivity contribution in [3.05, 3.63) is 24.3 Å². The molecule has 0 amide bonds. The maximum absolute atomic E-state index is 10.3. The molecule has 2 aliphatic rings. The first-order chi connectivity index (χ1) is 9.86. The standard InChI is InChI=1S/C18H27NO/c20-18-14-8-7-13-17(18)19(15-9-3-1-4-10-15)16-11-5-2-6-12-16/h7-8,13-16,20H,1-6,9-12H2. The first kappa shape index (κ1) is 13.8. The Bertz CT molecular complexity index is 401. The molecule has 110 valence electrons. The zero-order chi connectivity index (χ0) is 13.8. The third-order valence-electron chi connectivity index (χ3n) is 5.10. The van der Waals surface area contributed by atoms with Gasteiger partial charge in [0.1, 0.15) is 5.75 Å². The van der Waals surface area contributed by atoms with Gasteiger partial charge in [0.2, 0.25) is 0 Å². The summed E-state index contributed by atoms with van der Waals surface area (Å²) >= 11 is 0. The zero-order valence-corrected chi connectivity index (χ0v) is 12.4. The van der Waals surface area contributed by atoms with E-state index in [9.17, 15) is 5.11 Å². The minimum atomic E-state index is 0.462. The highest BCUT2D eigenvalue weighted by atomic mass is 16.3. The SMILES string of the molecule is Oc1ccccc1N(C1CCCCC1)C1CCCCC1. The van der Waals surface area contributed by atoms with E-state index in [0.717, 1.165) is 5.69 Å². The molecule has 0 radical (unpaired) electrons. The lowest BCUT2D eigenvalue weighted by Gasteiger charge is -2.43. The van der Waals surface area contributed by atoms with Gasteiger partial charge in [-0.15, -0.1) is 0 Å². The molecule has 0 saturated heterocycles. The summed E-state index contributed by atoms with van der Waals surface area (Å²) in [5, 5.41) is 10.3. The molecular formula is C18H27NO. The molecule has 3 rings (SSSR count). The van der Waals surface area contributed by atoms with Gasteiger partial charge in [0.15, 0.2) is 0 Å². The minimum absolute atomic E-state index is 0.462. The number of hydrogen-bond donors (Lipinski definition) is 1. The highest BCUT2D eigenvalue weighted by molar-refractivity contribution is 5.59. The Balaban J connectivity index is 1.87. The summed E-state index contributed by atoms with van der Waals surface area (Å²) in [5.74, 6) is 0.462. The molecule has 0 aliphatic heterocycles. The lowest BCUT2D eigenvalue weighted by atomic mass is 9.88. The van der Waals surface area contributed by atoms with Crippen LogP contribution in [0, 0.1) is 0 Å². The largest absolute Gasteiger partial charge is 0.506 e. The van der Waals surface area contributed by atoms with Crippen molar-refractivity contribution >= 4 is 5.69 Å². The van der Waals surface area contributed by atoms with Gasteiger partial charge in [0.25, 0.3) is 0 Å². The van der Waals surface area contributed by atoms with E-state index in [4.69, 9.17) is 0 Å². The van der Waals surface area contributed by atoms with Crippen molar-refractivity contribution in [2.75, 3.05) is 4.90 Å². The third kappa shape index (κ3) is 2.94. The van der Waals surface area contributed by atoms with Crippen molar-refractivity contribution in [1.82, 2.24) is 0 Å². The van der Waals surface area contributed by atoms with Crippen LogP contribution in [0.25, 0.3) is 0 Å². The topological polar surface area (TPSA) is 23.5 Å². The second kappa shape index (κ2) is 6.51. The molecule has 1 aromatic carbocycles. The van der Waals surface area contributed by atoms with E-state index in [1.165, 1.54) is 64.2 Å². The fourth-order valence-corrected chi connectivity index (χ4v) is 4.09. The fourth-order valence-electron chi connectivity index (χ4n) is 4.09. The Morgan fingerprint density at radius 1 is 0.750 bits per heavy atom. The van der Waals surface area contributed by atoms with Crippen molar-refractivity contribution in [1.29, 1.82) is 0 Å². The highest BCUT2D eigenvalue weighted by Gasteiger charge is 2.30. The van der Waals surface area contributed by atoms with Crippen molar-refractivity contribution in [3.63, 3.8) is 0 Å². The van der Waals surface area contributed by atoms with Crippen molar-refractivity contribution in [3.8, 4) is 5.75 Å². The van der Waals surface area contributed by atoms with Crippen LogP contribution >= 0.6 is 0 Å². The average Bonchev–Trinajstić information content (AvgIpc) is 2.52. The molecule has 0 atom stereocenters. The van der Waals surface area contributed by atoms with Crippen molar-refractivity contribution in [2.45, 2.75) is 76.3 Å². The van der Waals surface area contributed by atoms with Gasteiger partial charge in [-0.3, -0.25) is 0 Å². The summed E-state index contributed by atoms with van der Waals surface area (Å²) in [6.45, 7) is 0. The maximum Gasteiger partial charge on any atom is 0.138 e. The van der Waals surface area contributed by atoms with Crippen LogP contribution in [0.4, 0.5) is 5.69 Å². The monoisotopic (exact) mass is 273 g/mol. The van der Waals surface area contributed by atoms with E-state index in [2.05, 4.69) is 17.0 Å². The maximum atomic E-state index is 10.3. The Morgan fingerprint density at radius 2 is 1.25 bits per heavy atom. The van der Waals surface area contributed by atoms with Crippen LogP contribution < -0.4 is 4.90 Å². The summed E-state index contributed by atoms with van der Waals surface area (Å²) in [4.78, 5) is 2.59. The van der Waals surface area contributed by atoms with Gasteiger partial charge in [-0.1, -0.05) is 50.7 Å². The molecule has 0 heterocycles. The number of anilines is 1. The molecule has 2 heteroatoms. The van der Waals surface area contributed by atoms with Crippen LogP contribution in [-0.2, 0) is 0 Å². The van der Waals surface area contributed by atoms with Crippen LogP contribution in [0.5, 0.6) is 5.75 Å². The molecule has 0 unspecified atom stereocenters. The molecule has 2 nitrogen and oxygen atoms in total. The Hall–Kier alpha value is -1.18. The molecule has 2 fully saturated rings. The Kier molecular flexibility index (Phi) is 4.49. The number of nitrogens with zero attached hydrogens (tertiary/aromatic N) is 1. The summed E-state index contributed by atoms with van der Waals surface area (Å²) in [7, 11) is 0. The van der Waals surface area contributed by atoms with Crippen LogP contribution in [0.2, 0.25) is 0 Å².